The Morgan fingerprint density at radius 2 is 1.89 bits per heavy atom. The first-order chi connectivity index (χ1) is 18.1. The van der Waals surface area contributed by atoms with E-state index < -0.39 is 0 Å². The van der Waals surface area contributed by atoms with Gasteiger partial charge < -0.3 is 0 Å². The first kappa shape index (κ1) is 25.1. The zero-order valence-corrected chi connectivity index (χ0v) is 22.2. The van der Waals surface area contributed by atoms with E-state index in [2.05, 4.69) is 58.2 Å². The molecule has 0 saturated heterocycles. The monoisotopic (exact) mass is 499 g/mol. The van der Waals surface area contributed by atoms with Crippen molar-refractivity contribution < 1.29 is 0 Å². The zero-order chi connectivity index (χ0) is 25.8. The number of aryl methyl sites for hydroxylation is 1. The Labute approximate surface area is 218 Å². The van der Waals surface area contributed by atoms with Crippen LogP contribution in [-0.2, 0) is 13.0 Å². The third kappa shape index (κ3) is 4.77. The van der Waals surface area contributed by atoms with Crippen LogP contribution < -0.4 is 5.69 Å². The lowest BCUT2D eigenvalue weighted by atomic mass is 9.77. The molecule has 1 unspecified atom stereocenters. The van der Waals surface area contributed by atoms with Crippen LogP contribution in [0.4, 0.5) is 0 Å². The van der Waals surface area contributed by atoms with Crippen LogP contribution in [0.1, 0.15) is 83.0 Å². The maximum atomic E-state index is 13.8. The summed E-state index contributed by atoms with van der Waals surface area (Å²) in [6.07, 6.45) is 12.9. The maximum absolute atomic E-state index is 13.8. The smallest absolute Gasteiger partial charge is 0.295 e. The first-order valence-electron chi connectivity index (χ1n) is 13.7. The van der Waals surface area contributed by atoms with Gasteiger partial charge in [-0.05, 0) is 60.8 Å². The molecular formula is C29H37N7O. The van der Waals surface area contributed by atoms with Crippen LogP contribution in [0.15, 0.2) is 53.6 Å². The molecule has 37 heavy (non-hydrogen) atoms. The fourth-order valence-electron chi connectivity index (χ4n) is 6.16. The number of aromatic amines is 1. The van der Waals surface area contributed by atoms with E-state index in [0.29, 0.717) is 18.4 Å². The van der Waals surface area contributed by atoms with E-state index in [0.717, 1.165) is 66.6 Å². The standard InChI is InChI=1S/C29H37N7O/c1-4-7-11-22-20-36(26-14-10-17-29(26,5-2)6-3)28(37)35(22)19-21-15-16-25(30-18-21)23-12-8-9-13-24(23)27-31-33-34-32-27/h8-9,12-13,15-16,18,20,26H,4-7,10-11,14,17,19H2,1-3H3,(H,31,32,33,34). The van der Waals surface area contributed by atoms with Crippen LogP contribution >= 0.6 is 0 Å². The van der Waals surface area contributed by atoms with Gasteiger partial charge in [-0.25, -0.2) is 4.79 Å². The number of H-pyrrole nitrogens is 1. The molecule has 1 atom stereocenters. The highest BCUT2D eigenvalue weighted by Crippen LogP contribution is 2.50. The number of benzene rings is 1. The van der Waals surface area contributed by atoms with Gasteiger partial charge in [-0.3, -0.25) is 14.1 Å². The molecule has 0 spiro atoms. The lowest BCUT2D eigenvalue weighted by molar-refractivity contribution is 0.181. The highest BCUT2D eigenvalue weighted by molar-refractivity contribution is 5.78. The molecule has 8 nitrogen and oxygen atoms in total. The van der Waals surface area contributed by atoms with Crippen LogP contribution in [0.25, 0.3) is 22.6 Å². The van der Waals surface area contributed by atoms with Gasteiger partial charge in [-0.2, -0.15) is 5.21 Å². The largest absolute Gasteiger partial charge is 0.328 e. The first-order valence-corrected chi connectivity index (χ1v) is 13.7. The van der Waals surface area contributed by atoms with Crippen molar-refractivity contribution in [1.29, 1.82) is 0 Å². The van der Waals surface area contributed by atoms with Gasteiger partial charge in [0.05, 0.1) is 12.2 Å². The van der Waals surface area contributed by atoms with Crippen molar-refractivity contribution in [3.05, 3.63) is 70.5 Å². The number of aromatic nitrogens is 7. The van der Waals surface area contributed by atoms with Crippen molar-refractivity contribution in [2.45, 2.75) is 84.7 Å². The molecule has 1 aliphatic rings. The summed E-state index contributed by atoms with van der Waals surface area (Å²) in [4.78, 5) is 18.6. The number of rotatable bonds is 10. The lowest BCUT2D eigenvalue weighted by Gasteiger charge is -2.34. The fraction of sp³-hybridized carbons (Fsp3) is 0.483. The number of unbranched alkanes of at least 4 members (excludes halogenated alkanes) is 1. The Balaban J connectivity index is 1.45. The van der Waals surface area contributed by atoms with Crippen molar-refractivity contribution in [3.8, 4) is 22.6 Å². The van der Waals surface area contributed by atoms with Gasteiger partial charge in [0.1, 0.15) is 0 Å². The van der Waals surface area contributed by atoms with Crippen LogP contribution in [-0.4, -0.2) is 34.7 Å². The van der Waals surface area contributed by atoms with Gasteiger partial charge in [-0.1, -0.05) is 63.9 Å². The Hall–Kier alpha value is -3.55. The molecule has 0 amide bonds. The SMILES string of the molecule is CCCCc1cn(C2CCCC2(CC)CC)c(=O)n1Cc1ccc(-c2ccccc2-c2nn[nH]n2)nc1. The quantitative estimate of drug-likeness (QED) is 0.297. The molecule has 4 aromatic rings. The van der Waals surface area contributed by atoms with E-state index in [1.54, 1.807) is 0 Å². The molecule has 3 heterocycles. The summed E-state index contributed by atoms with van der Waals surface area (Å²) in [5.74, 6) is 0.539. The van der Waals surface area contributed by atoms with Gasteiger partial charge in [-0.15, -0.1) is 10.2 Å². The zero-order valence-electron chi connectivity index (χ0n) is 22.2. The van der Waals surface area contributed by atoms with E-state index in [9.17, 15) is 4.79 Å². The lowest BCUT2D eigenvalue weighted by Crippen LogP contribution is -2.34. The van der Waals surface area contributed by atoms with Crippen LogP contribution in [0.5, 0.6) is 0 Å². The molecule has 1 saturated carbocycles. The van der Waals surface area contributed by atoms with Crippen molar-refractivity contribution in [1.82, 2.24) is 34.7 Å². The highest BCUT2D eigenvalue weighted by Gasteiger charge is 2.42. The second-order valence-electron chi connectivity index (χ2n) is 10.3. The molecule has 0 bridgehead atoms. The van der Waals surface area contributed by atoms with Gasteiger partial charge >= 0.3 is 5.69 Å². The Kier molecular flexibility index (Phi) is 7.35. The molecule has 8 heteroatoms. The highest BCUT2D eigenvalue weighted by atomic mass is 16.1. The topological polar surface area (TPSA) is 94.3 Å². The number of hydrogen-bond acceptors (Lipinski definition) is 5. The average Bonchev–Trinajstić information content (AvgIpc) is 3.68. The number of nitrogens with zero attached hydrogens (tertiary/aromatic N) is 6. The van der Waals surface area contributed by atoms with Gasteiger partial charge in [0.25, 0.3) is 0 Å². The van der Waals surface area contributed by atoms with Crippen molar-refractivity contribution in [2.75, 3.05) is 0 Å². The van der Waals surface area contributed by atoms with E-state index in [-0.39, 0.29) is 11.1 Å². The minimum Gasteiger partial charge on any atom is -0.295 e. The van der Waals surface area contributed by atoms with E-state index >= 15 is 0 Å². The van der Waals surface area contributed by atoms with Crippen LogP contribution in [0.2, 0.25) is 0 Å². The van der Waals surface area contributed by atoms with Gasteiger partial charge in [0.15, 0.2) is 0 Å². The maximum Gasteiger partial charge on any atom is 0.328 e. The van der Waals surface area contributed by atoms with Gasteiger partial charge in [0.2, 0.25) is 5.82 Å². The van der Waals surface area contributed by atoms with E-state index in [1.165, 1.54) is 12.8 Å². The summed E-state index contributed by atoms with van der Waals surface area (Å²) in [6, 6.07) is 12.3. The third-order valence-corrected chi connectivity index (χ3v) is 8.43. The summed E-state index contributed by atoms with van der Waals surface area (Å²) in [5, 5.41) is 14.5. The molecule has 1 N–H and O–H groups in total. The summed E-state index contributed by atoms with van der Waals surface area (Å²) in [5.41, 5.74) is 5.15. The number of imidazole rings is 1. The normalized spacial score (nSPS) is 16.9. The predicted octanol–water partition coefficient (Wildman–Crippen LogP) is 5.81. The molecule has 194 valence electrons. The van der Waals surface area contributed by atoms with E-state index in [4.69, 9.17) is 4.98 Å². The minimum atomic E-state index is 0.121. The summed E-state index contributed by atoms with van der Waals surface area (Å²) in [6.45, 7) is 7.30. The molecule has 5 rings (SSSR count). The molecule has 1 aliphatic carbocycles. The third-order valence-electron chi connectivity index (χ3n) is 8.43. The second-order valence-corrected chi connectivity index (χ2v) is 10.3. The molecule has 0 radical (unpaired) electrons. The Morgan fingerprint density at radius 3 is 2.57 bits per heavy atom. The Bertz CT molecular complexity index is 1360. The number of tetrazole rings is 1. The molecule has 1 aromatic carbocycles. The minimum absolute atomic E-state index is 0.121. The molecule has 0 aliphatic heterocycles. The van der Waals surface area contributed by atoms with Crippen molar-refractivity contribution in [3.63, 3.8) is 0 Å². The fourth-order valence-corrected chi connectivity index (χ4v) is 6.16. The van der Waals surface area contributed by atoms with Crippen LogP contribution in [0, 0.1) is 5.41 Å². The number of pyridine rings is 1. The van der Waals surface area contributed by atoms with E-state index in [1.807, 2.05) is 41.1 Å². The number of hydrogen-bond donors (Lipinski definition) is 1. The summed E-state index contributed by atoms with van der Waals surface area (Å²) >= 11 is 0. The second kappa shape index (κ2) is 10.8. The molecule has 1 fully saturated rings. The number of nitrogens with one attached hydrogen (secondary N) is 1. The van der Waals surface area contributed by atoms with Crippen molar-refractivity contribution in [2.24, 2.45) is 5.41 Å². The molecule has 3 aromatic heterocycles. The predicted molar refractivity (Wildman–Crippen MR) is 145 cm³/mol. The van der Waals surface area contributed by atoms with Crippen molar-refractivity contribution >= 4 is 0 Å². The average molecular weight is 500 g/mol. The van der Waals surface area contributed by atoms with Crippen LogP contribution in [0.3, 0.4) is 0 Å². The summed E-state index contributed by atoms with van der Waals surface area (Å²) < 4.78 is 4.06. The molecular weight excluding hydrogens is 462 g/mol. The van der Waals surface area contributed by atoms with Gasteiger partial charge in [0, 0.05) is 35.3 Å². The Morgan fingerprint density at radius 1 is 1.08 bits per heavy atom. The summed E-state index contributed by atoms with van der Waals surface area (Å²) in [7, 11) is 0.